The molecule has 0 bridgehead atoms. The number of quaternary nitrogens is 1. The molecule has 0 saturated heterocycles. The molecule has 0 saturated carbocycles. The van der Waals surface area contributed by atoms with Crippen LogP contribution in [0.15, 0.2) is 30.3 Å². The van der Waals surface area contributed by atoms with E-state index in [0.29, 0.717) is 0 Å². The van der Waals surface area contributed by atoms with Gasteiger partial charge in [-0.3, -0.25) is 0 Å². The van der Waals surface area contributed by atoms with Crippen LogP contribution in [0.25, 0.3) is 0 Å². The zero-order valence-corrected chi connectivity index (χ0v) is 16.5. The fourth-order valence-electron chi connectivity index (χ4n) is 3.22. The minimum absolute atomic E-state index is 0. The summed E-state index contributed by atoms with van der Waals surface area (Å²) in [5.41, 5.74) is 1.47. The van der Waals surface area contributed by atoms with Gasteiger partial charge in [0.2, 0.25) is 0 Å². The lowest BCUT2D eigenvalue weighted by Gasteiger charge is -2.30. The lowest BCUT2D eigenvalue weighted by Crippen LogP contribution is -2.42. The Bertz CT molecular complexity index is 375. The van der Waals surface area contributed by atoms with Gasteiger partial charge in [-0.1, -0.05) is 88.6 Å². The number of likely N-dealkylation sites (N-methyl/N-ethyl adjacent to an activating group) is 1. The molecule has 0 aromatic heterocycles. The second-order valence-corrected chi connectivity index (χ2v) is 7.80. The summed E-state index contributed by atoms with van der Waals surface area (Å²) in [7, 11) is 4.77. The molecule has 0 aliphatic heterocycles. The van der Waals surface area contributed by atoms with Crippen LogP contribution in [-0.2, 0) is 6.42 Å². The molecule has 0 atom stereocenters. The van der Waals surface area contributed by atoms with Gasteiger partial charge in [-0.2, -0.15) is 0 Å². The predicted molar refractivity (Wildman–Crippen MR) is 106 cm³/mol. The van der Waals surface area contributed by atoms with Crippen LogP contribution in [0.3, 0.4) is 0 Å². The van der Waals surface area contributed by atoms with Crippen molar-refractivity contribution >= 4 is 0 Å². The van der Waals surface area contributed by atoms with Gasteiger partial charge in [0.25, 0.3) is 0 Å². The number of benzene rings is 1. The third-order valence-electron chi connectivity index (χ3n) is 4.97. The molecular formula is C22H41NO. The summed E-state index contributed by atoms with van der Waals surface area (Å²) >= 11 is 0. The topological polar surface area (TPSA) is 30.0 Å². The maximum absolute atomic E-state index is 2.39. The van der Waals surface area contributed by atoms with Crippen LogP contribution >= 0.6 is 0 Å². The fraction of sp³-hybridized carbons (Fsp3) is 0.727. The van der Waals surface area contributed by atoms with Gasteiger partial charge in [-0.05, 0) is 18.4 Å². The van der Waals surface area contributed by atoms with E-state index >= 15 is 0 Å². The van der Waals surface area contributed by atoms with Crippen molar-refractivity contribution in [3.63, 3.8) is 0 Å². The molecule has 24 heavy (non-hydrogen) atoms. The summed E-state index contributed by atoms with van der Waals surface area (Å²) in [6.45, 7) is 4.87. The number of hydrogen-bond donors (Lipinski definition) is 0. The lowest BCUT2D eigenvalue weighted by atomic mass is 10.1. The van der Waals surface area contributed by atoms with Gasteiger partial charge < -0.3 is 9.96 Å². The summed E-state index contributed by atoms with van der Waals surface area (Å²) in [4.78, 5) is 0. The molecular weight excluding hydrogens is 294 g/mol. The average Bonchev–Trinajstić information content (AvgIpc) is 2.56. The molecule has 1 aromatic rings. The zero-order valence-electron chi connectivity index (χ0n) is 16.5. The second-order valence-electron chi connectivity index (χ2n) is 7.80. The van der Waals surface area contributed by atoms with E-state index in [1.807, 2.05) is 0 Å². The Morgan fingerprint density at radius 3 is 1.71 bits per heavy atom. The Morgan fingerprint density at radius 2 is 1.17 bits per heavy atom. The highest BCUT2D eigenvalue weighted by atomic mass is 16.0. The number of hydrogen-bond acceptors (Lipinski definition) is 1. The molecule has 0 radical (unpaired) electrons. The van der Waals surface area contributed by atoms with Crippen molar-refractivity contribution in [3.8, 4) is 0 Å². The number of nitrogens with zero attached hydrogens (tertiary/aromatic N) is 1. The molecule has 0 heterocycles. The SMILES string of the molecule is CCCCCCCCCCCC[N+](C)(C)CCc1ccccc1.[OH-]. The standard InChI is InChI=1S/C22H40N.H2O/c1-4-5-6-7-8-9-10-11-12-16-20-23(2,3)21-19-22-17-14-13-15-18-22;/h13-15,17-18H,4-12,16,19-21H2,1-3H3;1H2/q+1;/p-1. The number of unbranched alkanes of at least 4 members (excludes halogenated alkanes) is 9. The average molecular weight is 336 g/mol. The molecule has 140 valence electrons. The third-order valence-corrected chi connectivity index (χ3v) is 4.97. The predicted octanol–water partition coefficient (Wildman–Crippen LogP) is 6.05. The van der Waals surface area contributed by atoms with E-state index < -0.39 is 0 Å². The Hall–Kier alpha value is -0.860. The van der Waals surface area contributed by atoms with Gasteiger partial charge in [-0.25, -0.2) is 0 Å². The van der Waals surface area contributed by atoms with E-state index in [1.165, 1.54) is 89.3 Å². The Balaban J connectivity index is 0.00000529. The highest BCUT2D eigenvalue weighted by Gasteiger charge is 2.14. The van der Waals surface area contributed by atoms with E-state index in [1.54, 1.807) is 0 Å². The quantitative estimate of drug-likeness (QED) is 0.300. The van der Waals surface area contributed by atoms with Gasteiger partial charge >= 0.3 is 0 Å². The molecule has 0 aliphatic rings. The maximum Gasteiger partial charge on any atom is 0.0823 e. The highest BCUT2D eigenvalue weighted by molar-refractivity contribution is 5.14. The van der Waals surface area contributed by atoms with Crippen molar-refractivity contribution in [2.45, 2.75) is 77.6 Å². The Kier molecular flexibility index (Phi) is 14.0. The van der Waals surface area contributed by atoms with E-state index in [0.717, 1.165) is 4.48 Å². The first-order valence-corrected chi connectivity index (χ1v) is 10.00. The summed E-state index contributed by atoms with van der Waals surface area (Å²) in [6.07, 6.45) is 15.5. The van der Waals surface area contributed by atoms with Crippen molar-refractivity contribution in [2.24, 2.45) is 0 Å². The fourth-order valence-corrected chi connectivity index (χ4v) is 3.22. The minimum atomic E-state index is 0. The van der Waals surface area contributed by atoms with Crippen LogP contribution < -0.4 is 0 Å². The maximum atomic E-state index is 2.39. The smallest absolute Gasteiger partial charge is 0.0823 e. The lowest BCUT2D eigenvalue weighted by molar-refractivity contribution is -0.890. The second kappa shape index (κ2) is 14.5. The minimum Gasteiger partial charge on any atom is -0.870 e. The molecule has 0 aliphatic carbocycles. The van der Waals surface area contributed by atoms with Crippen molar-refractivity contribution < 1.29 is 9.96 Å². The van der Waals surface area contributed by atoms with Gasteiger partial charge in [0.05, 0.1) is 27.2 Å². The van der Waals surface area contributed by atoms with Crippen molar-refractivity contribution in [1.29, 1.82) is 0 Å². The summed E-state index contributed by atoms with van der Waals surface area (Å²) in [5, 5.41) is 0. The molecule has 1 rings (SSSR count). The molecule has 1 N–H and O–H groups in total. The largest absolute Gasteiger partial charge is 0.870 e. The van der Waals surface area contributed by atoms with Crippen molar-refractivity contribution in [2.75, 3.05) is 27.2 Å². The molecule has 2 nitrogen and oxygen atoms in total. The molecule has 0 amide bonds. The Labute approximate surface area is 151 Å². The van der Waals surface area contributed by atoms with Crippen molar-refractivity contribution in [1.82, 2.24) is 0 Å². The first kappa shape index (κ1) is 23.1. The van der Waals surface area contributed by atoms with Gasteiger partial charge in [-0.15, -0.1) is 0 Å². The van der Waals surface area contributed by atoms with E-state index in [4.69, 9.17) is 0 Å². The number of rotatable bonds is 14. The molecule has 2 heteroatoms. The van der Waals surface area contributed by atoms with Crippen LogP contribution in [0.5, 0.6) is 0 Å². The molecule has 0 unspecified atom stereocenters. The highest BCUT2D eigenvalue weighted by Crippen LogP contribution is 2.12. The van der Waals surface area contributed by atoms with E-state index in [9.17, 15) is 0 Å². The van der Waals surface area contributed by atoms with Crippen molar-refractivity contribution in [3.05, 3.63) is 35.9 Å². The van der Waals surface area contributed by atoms with E-state index in [2.05, 4.69) is 51.4 Å². The summed E-state index contributed by atoms with van der Waals surface area (Å²) in [5.74, 6) is 0. The van der Waals surface area contributed by atoms with Gasteiger partial charge in [0, 0.05) is 6.42 Å². The molecule has 0 fully saturated rings. The normalized spacial score (nSPS) is 11.3. The van der Waals surface area contributed by atoms with E-state index in [-0.39, 0.29) is 5.48 Å². The first-order chi connectivity index (χ1) is 11.1. The van der Waals surface area contributed by atoms with Crippen LogP contribution in [0.4, 0.5) is 0 Å². The monoisotopic (exact) mass is 335 g/mol. The first-order valence-electron chi connectivity index (χ1n) is 10.00. The van der Waals surface area contributed by atoms with Crippen LogP contribution in [0.2, 0.25) is 0 Å². The van der Waals surface area contributed by atoms with Gasteiger partial charge in [0.15, 0.2) is 0 Å². The molecule has 0 spiro atoms. The van der Waals surface area contributed by atoms with Crippen LogP contribution in [-0.4, -0.2) is 37.1 Å². The van der Waals surface area contributed by atoms with Gasteiger partial charge in [0.1, 0.15) is 0 Å². The Morgan fingerprint density at radius 1 is 0.667 bits per heavy atom. The third kappa shape index (κ3) is 12.5. The van der Waals surface area contributed by atoms with Crippen LogP contribution in [0.1, 0.15) is 76.7 Å². The molecule has 1 aromatic carbocycles. The van der Waals surface area contributed by atoms with Crippen LogP contribution in [0, 0.1) is 0 Å². The summed E-state index contributed by atoms with van der Waals surface area (Å²) in [6, 6.07) is 10.9. The summed E-state index contributed by atoms with van der Waals surface area (Å²) < 4.78 is 1.16. The zero-order chi connectivity index (χ0) is 16.8.